The minimum absolute atomic E-state index is 0.147. The summed E-state index contributed by atoms with van der Waals surface area (Å²) in [7, 11) is 1.60. The van der Waals surface area contributed by atoms with E-state index in [0.717, 1.165) is 30.0 Å². The molecule has 2 heterocycles. The minimum Gasteiger partial charge on any atom is -0.493 e. The Bertz CT molecular complexity index is 826. The van der Waals surface area contributed by atoms with Crippen molar-refractivity contribution in [3.05, 3.63) is 47.1 Å². The van der Waals surface area contributed by atoms with Crippen molar-refractivity contribution in [3.63, 3.8) is 0 Å². The second kappa shape index (κ2) is 9.12. The fourth-order valence-electron chi connectivity index (χ4n) is 3.26. The van der Waals surface area contributed by atoms with Gasteiger partial charge in [-0.05, 0) is 25.0 Å². The van der Waals surface area contributed by atoms with Crippen LogP contribution < -0.4 is 20.1 Å². The molecule has 0 bridgehead atoms. The van der Waals surface area contributed by atoms with E-state index in [1.54, 1.807) is 19.3 Å². The number of nitrogens with two attached hydrogens (primary N) is 1. The standard InChI is InChI=1S/C20H25ClN4O3/c1-4-7-28-18-11-15(21)14(10-17(18)26-3)16-12-27-8-5-6-25(16)19-9-13(2)23-20(22)24-19/h4,9-11,16H,1,5-8,12H2,2-3H3,(H2,22,23,24). The molecule has 0 aliphatic carbocycles. The topological polar surface area (TPSA) is 82.7 Å². The number of aromatic nitrogens is 2. The third kappa shape index (κ3) is 4.48. The van der Waals surface area contributed by atoms with E-state index in [4.69, 9.17) is 31.5 Å². The highest BCUT2D eigenvalue weighted by Gasteiger charge is 2.28. The van der Waals surface area contributed by atoms with Gasteiger partial charge in [0.2, 0.25) is 5.95 Å². The number of benzene rings is 1. The number of anilines is 2. The van der Waals surface area contributed by atoms with Crippen molar-refractivity contribution in [1.82, 2.24) is 9.97 Å². The van der Waals surface area contributed by atoms with Crippen LogP contribution in [-0.4, -0.2) is 43.4 Å². The van der Waals surface area contributed by atoms with Crippen LogP contribution in [0.1, 0.15) is 23.7 Å². The van der Waals surface area contributed by atoms with Crippen LogP contribution in [0.3, 0.4) is 0 Å². The Kier molecular flexibility index (Phi) is 6.59. The number of halogens is 1. The van der Waals surface area contributed by atoms with Crippen LogP contribution in [-0.2, 0) is 4.74 Å². The molecule has 2 aromatic rings. The molecule has 0 amide bonds. The van der Waals surface area contributed by atoms with Gasteiger partial charge in [-0.25, -0.2) is 4.98 Å². The molecule has 1 unspecified atom stereocenters. The van der Waals surface area contributed by atoms with Crippen molar-refractivity contribution in [2.75, 3.05) is 44.1 Å². The average molecular weight is 405 g/mol. The number of methoxy groups -OCH3 is 1. The first-order valence-electron chi connectivity index (χ1n) is 9.10. The lowest BCUT2D eigenvalue weighted by Gasteiger charge is -2.32. The zero-order chi connectivity index (χ0) is 20.1. The second-order valence-electron chi connectivity index (χ2n) is 6.49. The number of nitrogen functional groups attached to an aromatic ring is 1. The van der Waals surface area contributed by atoms with Gasteiger partial charge in [-0.15, -0.1) is 0 Å². The quantitative estimate of drug-likeness (QED) is 0.737. The summed E-state index contributed by atoms with van der Waals surface area (Å²) in [6.07, 6.45) is 2.54. The minimum atomic E-state index is -0.147. The highest BCUT2D eigenvalue weighted by atomic mass is 35.5. The van der Waals surface area contributed by atoms with Crippen molar-refractivity contribution in [1.29, 1.82) is 0 Å². The van der Waals surface area contributed by atoms with Crippen molar-refractivity contribution in [3.8, 4) is 11.5 Å². The first-order valence-corrected chi connectivity index (χ1v) is 9.48. The van der Waals surface area contributed by atoms with Gasteiger partial charge >= 0.3 is 0 Å². The Labute approximate surface area is 170 Å². The smallest absolute Gasteiger partial charge is 0.222 e. The van der Waals surface area contributed by atoms with E-state index in [1.165, 1.54) is 0 Å². The van der Waals surface area contributed by atoms with Gasteiger partial charge in [0, 0.05) is 36.0 Å². The summed E-state index contributed by atoms with van der Waals surface area (Å²) in [6.45, 7) is 7.83. The van der Waals surface area contributed by atoms with Crippen LogP contribution in [0.15, 0.2) is 30.9 Å². The van der Waals surface area contributed by atoms with Gasteiger partial charge in [-0.1, -0.05) is 24.3 Å². The highest BCUT2D eigenvalue weighted by molar-refractivity contribution is 6.31. The van der Waals surface area contributed by atoms with Gasteiger partial charge < -0.3 is 24.8 Å². The number of rotatable bonds is 6. The SMILES string of the molecule is C=CCOc1cc(Cl)c(C2COCCCN2c2cc(C)nc(N)n2)cc1OC. The molecule has 1 atom stereocenters. The zero-order valence-electron chi connectivity index (χ0n) is 16.2. The maximum absolute atomic E-state index is 6.64. The Hall–Kier alpha value is -2.51. The van der Waals surface area contributed by atoms with Crippen molar-refractivity contribution in [2.45, 2.75) is 19.4 Å². The summed E-state index contributed by atoms with van der Waals surface area (Å²) in [6, 6.07) is 5.43. The molecule has 2 N–H and O–H groups in total. The zero-order valence-corrected chi connectivity index (χ0v) is 16.9. The van der Waals surface area contributed by atoms with Crippen LogP contribution in [0.2, 0.25) is 5.02 Å². The van der Waals surface area contributed by atoms with E-state index in [9.17, 15) is 0 Å². The molecule has 0 radical (unpaired) electrons. The van der Waals surface area contributed by atoms with Gasteiger partial charge in [-0.2, -0.15) is 4.98 Å². The number of nitrogens with zero attached hydrogens (tertiary/aromatic N) is 3. The van der Waals surface area contributed by atoms with E-state index in [-0.39, 0.29) is 12.0 Å². The first-order chi connectivity index (χ1) is 13.5. The van der Waals surface area contributed by atoms with Gasteiger partial charge in [0.05, 0.1) is 19.8 Å². The Balaban J connectivity index is 2.03. The lowest BCUT2D eigenvalue weighted by Crippen LogP contribution is -2.32. The highest BCUT2D eigenvalue weighted by Crippen LogP contribution is 2.39. The molecule has 1 fully saturated rings. The van der Waals surface area contributed by atoms with Gasteiger partial charge in [0.25, 0.3) is 0 Å². The molecular formula is C20H25ClN4O3. The summed E-state index contributed by atoms with van der Waals surface area (Å²) < 4.78 is 17.0. The Morgan fingerprint density at radius 3 is 2.89 bits per heavy atom. The maximum atomic E-state index is 6.64. The fourth-order valence-corrected chi connectivity index (χ4v) is 3.54. The number of ether oxygens (including phenoxy) is 3. The molecule has 1 aliphatic rings. The van der Waals surface area contributed by atoms with Crippen LogP contribution >= 0.6 is 11.6 Å². The average Bonchev–Trinajstić information content (AvgIpc) is 2.91. The predicted molar refractivity (Wildman–Crippen MR) is 110 cm³/mol. The van der Waals surface area contributed by atoms with Crippen LogP contribution in [0.5, 0.6) is 11.5 Å². The van der Waals surface area contributed by atoms with Crippen molar-refractivity contribution in [2.24, 2.45) is 0 Å². The summed E-state index contributed by atoms with van der Waals surface area (Å²) >= 11 is 6.64. The molecule has 1 saturated heterocycles. The van der Waals surface area contributed by atoms with Crippen molar-refractivity contribution >= 4 is 23.4 Å². The molecule has 28 heavy (non-hydrogen) atoms. The summed E-state index contributed by atoms with van der Waals surface area (Å²) in [5.74, 6) is 2.17. The predicted octanol–water partition coefficient (Wildman–Crippen LogP) is 3.56. The third-order valence-electron chi connectivity index (χ3n) is 4.49. The molecule has 7 nitrogen and oxygen atoms in total. The molecular weight excluding hydrogens is 380 g/mol. The number of hydrogen-bond donors (Lipinski definition) is 1. The number of aryl methyl sites for hydroxylation is 1. The van der Waals surface area contributed by atoms with Crippen LogP contribution in [0, 0.1) is 6.92 Å². The number of hydrogen-bond acceptors (Lipinski definition) is 7. The van der Waals surface area contributed by atoms with E-state index in [1.807, 2.05) is 19.1 Å². The second-order valence-corrected chi connectivity index (χ2v) is 6.89. The molecule has 1 aromatic carbocycles. The molecule has 1 aliphatic heterocycles. The molecule has 0 saturated carbocycles. The maximum Gasteiger partial charge on any atom is 0.222 e. The molecule has 150 valence electrons. The summed E-state index contributed by atoms with van der Waals surface area (Å²) in [5.41, 5.74) is 7.57. The van der Waals surface area contributed by atoms with Crippen molar-refractivity contribution < 1.29 is 14.2 Å². The monoisotopic (exact) mass is 404 g/mol. The molecule has 3 rings (SSSR count). The van der Waals surface area contributed by atoms with Gasteiger partial charge in [-0.3, -0.25) is 0 Å². The van der Waals surface area contributed by atoms with Crippen LogP contribution in [0.4, 0.5) is 11.8 Å². The lowest BCUT2D eigenvalue weighted by atomic mass is 10.0. The Morgan fingerprint density at radius 1 is 1.36 bits per heavy atom. The third-order valence-corrected chi connectivity index (χ3v) is 4.82. The van der Waals surface area contributed by atoms with E-state index >= 15 is 0 Å². The summed E-state index contributed by atoms with van der Waals surface area (Å²) in [5, 5.41) is 0.569. The van der Waals surface area contributed by atoms with Crippen LogP contribution in [0.25, 0.3) is 0 Å². The van der Waals surface area contributed by atoms with Gasteiger partial charge in [0.15, 0.2) is 11.5 Å². The first kappa shape index (κ1) is 20.2. The largest absolute Gasteiger partial charge is 0.493 e. The molecule has 1 aromatic heterocycles. The lowest BCUT2D eigenvalue weighted by molar-refractivity contribution is 0.134. The Morgan fingerprint density at radius 2 is 2.18 bits per heavy atom. The normalized spacial score (nSPS) is 17.1. The summed E-state index contributed by atoms with van der Waals surface area (Å²) in [4.78, 5) is 10.8. The molecule has 8 heteroatoms. The van der Waals surface area contributed by atoms with E-state index in [0.29, 0.717) is 36.3 Å². The van der Waals surface area contributed by atoms with Gasteiger partial charge in [0.1, 0.15) is 12.4 Å². The fraction of sp³-hybridized carbons (Fsp3) is 0.400. The van der Waals surface area contributed by atoms with E-state index < -0.39 is 0 Å². The van der Waals surface area contributed by atoms with E-state index in [2.05, 4.69) is 21.4 Å². The molecule has 0 spiro atoms.